The summed E-state index contributed by atoms with van der Waals surface area (Å²) in [7, 11) is 1.17. The molecule has 0 radical (unpaired) electrons. The average molecular weight is 1190 g/mol. The van der Waals surface area contributed by atoms with Crippen molar-refractivity contribution < 1.29 is 42.1 Å². The van der Waals surface area contributed by atoms with Crippen LogP contribution in [-0.2, 0) is 32.7 Å². The Bertz CT molecular complexity index is 1740. The number of quaternary nitrogens is 1. The van der Waals surface area contributed by atoms with Crippen LogP contribution in [0, 0.1) is 0 Å². The molecule has 0 rings (SSSR count). The zero-order valence-electron chi connectivity index (χ0n) is 55.3. The third kappa shape index (κ3) is 68.0. The lowest BCUT2D eigenvalue weighted by molar-refractivity contribution is -0.870. The number of phosphoric ester groups is 1. The predicted octanol–water partition coefficient (Wildman–Crippen LogP) is 22.1. The van der Waals surface area contributed by atoms with Crippen LogP contribution in [-0.4, -0.2) is 70.0 Å². The van der Waals surface area contributed by atoms with Gasteiger partial charge >= 0.3 is 11.9 Å². The Kier molecular flexibility index (Phi) is 62.1. The number of likely N-dealkylation sites (N-methyl/N-ethyl adjacent to an activating group) is 1. The molecular formula is C74H132NO8P. The number of unbranched alkanes of at least 4 members (excludes halogenated alkanes) is 34. The largest absolute Gasteiger partial charge is 0.756 e. The van der Waals surface area contributed by atoms with E-state index in [4.69, 9.17) is 18.5 Å². The lowest BCUT2D eigenvalue weighted by atomic mass is 10.0. The van der Waals surface area contributed by atoms with E-state index < -0.39 is 26.5 Å². The number of nitrogens with zero attached hydrogens (tertiary/aromatic N) is 1. The monoisotopic (exact) mass is 1190 g/mol. The molecule has 0 aromatic rings. The maximum Gasteiger partial charge on any atom is 0.306 e. The van der Waals surface area contributed by atoms with Gasteiger partial charge in [0.1, 0.15) is 19.8 Å². The van der Waals surface area contributed by atoms with Crippen LogP contribution in [0.1, 0.15) is 309 Å². The van der Waals surface area contributed by atoms with Crippen molar-refractivity contribution >= 4 is 19.8 Å². The fourth-order valence-corrected chi connectivity index (χ4v) is 10.5. The molecule has 10 heteroatoms. The standard InChI is InChI=1S/C74H132NO8P/c1-6-8-10-12-14-16-18-20-22-24-26-28-30-32-34-36-37-39-41-43-45-47-49-51-53-55-57-59-61-63-65-67-74(77)83-72(71-82-84(78,79)81-69-68-75(3,4)5)70-80-73(76)66-64-62-60-58-56-54-52-50-48-46-44-42-40-38-35-33-31-29-27-25-23-21-19-17-15-13-11-9-7-2/h8-11,14-17,20-23,26-29,72H,6-7,12-13,18-19,24-25,30-71H2,1-5H3/b10-8-,11-9-,16-14-,17-15-,22-20-,23-21-,28-26-,29-27-. The molecule has 0 saturated carbocycles. The van der Waals surface area contributed by atoms with E-state index in [1.165, 1.54) is 186 Å². The Labute approximate surface area is 519 Å². The zero-order valence-corrected chi connectivity index (χ0v) is 56.2. The van der Waals surface area contributed by atoms with Gasteiger partial charge in [-0.2, -0.15) is 0 Å². The summed E-state index contributed by atoms with van der Waals surface area (Å²) in [5.41, 5.74) is 0. The smallest absolute Gasteiger partial charge is 0.306 e. The summed E-state index contributed by atoms with van der Waals surface area (Å²) < 4.78 is 34.3. The van der Waals surface area contributed by atoms with Gasteiger partial charge in [-0.25, -0.2) is 0 Å². The average Bonchev–Trinajstić information content (AvgIpc) is 3.61. The summed E-state index contributed by atoms with van der Waals surface area (Å²) in [4.78, 5) is 38.1. The molecule has 0 spiro atoms. The van der Waals surface area contributed by atoms with Crippen LogP contribution in [0.3, 0.4) is 0 Å². The van der Waals surface area contributed by atoms with Crippen LogP contribution in [0.4, 0.5) is 0 Å². The minimum atomic E-state index is -4.64. The second-order valence-electron chi connectivity index (χ2n) is 24.5. The maximum absolute atomic E-state index is 12.9. The van der Waals surface area contributed by atoms with Crippen LogP contribution in [0.15, 0.2) is 97.2 Å². The van der Waals surface area contributed by atoms with E-state index in [1.807, 2.05) is 21.1 Å². The Morgan fingerprint density at radius 2 is 0.643 bits per heavy atom. The van der Waals surface area contributed by atoms with E-state index in [0.717, 1.165) is 89.9 Å². The van der Waals surface area contributed by atoms with E-state index in [1.54, 1.807) is 0 Å². The fourth-order valence-electron chi connectivity index (χ4n) is 9.82. The summed E-state index contributed by atoms with van der Waals surface area (Å²) >= 11 is 0. The molecular weight excluding hydrogens is 1060 g/mol. The van der Waals surface area contributed by atoms with Gasteiger partial charge in [-0.1, -0.05) is 304 Å². The normalized spacial score (nSPS) is 13.7. The second-order valence-corrected chi connectivity index (χ2v) is 25.9. The molecule has 2 atom stereocenters. The SMILES string of the molecule is CC/C=C\C/C=C\C/C=C\C/C=C\CCCCCCCCCCCCCCCCCCCCC(=O)OC(COC(=O)CCCCCCCCCCCCCCCCCC/C=C\C/C=C\C/C=C\C/C=C\CC)COP(=O)([O-])OCC[N+](C)(C)C. The topological polar surface area (TPSA) is 111 Å². The molecule has 0 aromatic heterocycles. The highest BCUT2D eigenvalue weighted by atomic mass is 31.2. The van der Waals surface area contributed by atoms with E-state index in [2.05, 4.69) is 111 Å². The van der Waals surface area contributed by atoms with Crippen LogP contribution < -0.4 is 4.89 Å². The molecule has 0 heterocycles. The first-order chi connectivity index (χ1) is 41.0. The first-order valence-corrected chi connectivity index (χ1v) is 36.4. The van der Waals surface area contributed by atoms with E-state index in [9.17, 15) is 19.0 Å². The highest BCUT2D eigenvalue weighted by molar-refractivity contribution is 7.45. The van der Waals surface area contributed by atoms with Crippen molar-refractivity contribution in [1.29, 1.82) is 0 Å². The number of phosphoric acid groups is 1. The highest BCUT2D eigenvalue weighted by Crippen LogP contribution is 2.38. The van der Waals surface area contributed by atoms with Crippen LogP contribution in [0.2, 0.25) is 0 Å². The first-order valence-electron chi connectivity index (χ1n) is 34.9. The number of carbonyl (C=O) groups is 2. The molecule has 0 aliphatic heterocycles. The van der Waals surface area contributed by atoms with Crippen molar-refractivity contribution in [3.8, 4) is 0 Å². The quantitative estimate of drug-likeness (QED) is 0.0195. The number of esters is 2. The molecule has 2 unspecified atom stereocenters. The number of rotatable bonds is 64. The van der Waals surface area contributed by atoms with E-state index >= 15 is 0 Å². The highest BCUT2D eigenvalue weighted by Gasteiger charge is 2.22. The molecule has 0 bridgehead atoms. The summed E-state index contributed by atoms with van der Waals surface area (Å²) in [5.74, 6) is -0.823. The van der Waals surface area contributed by atoms with Crippen molar-refractivity contribution in [2.24, 2.45) is 0 Å². The third-order valence-electron chi connectivity index (χ3n) is 15.1. The Hall–Kier alpha value is -3.07. The van der Waals surface area contributed by atoms with Gasteiger partial charge in [0.25, 0.3) is 7.82 Å². The van der Waals surface area contributed by atoms with Gasteiger partial charge in [-0.05, 0) is 89.9 Å². The predicted molar refractivity (Wildman–Crippen MR) is 360 cm³/mol. The minimum Gasteiger partial charge on any atom is -0.756 e. The molecule has 0 aliphatic carbocycles. The Balaban J connectivity index is 4.02. The van der Waals surface area contributed by atoms with Crippen molar-refractivity contribution in [2.45, 2.75) is 315 Å². The van der Waals surface area contributed by atoms with Gasteiger partial charge in [0.15, 0.2) is 6.10 Å². The second kappa shape index (κ2) is 64.4. The molecule has 0 amide bonds. The lowest BCUT2D eigenvalue weighted by Crippen LogP contribution is -2.37. The van der Waals surface area contributed by atoms with Gasteiger partial charge in [-0.3, -0.25) is 14.2 Å². The maximum atomic E-state index is 12.9. The summed E-state index contributed by atoms with van der Waals surface area (Å²) in [6, 6.07) is 0. The van der Waals surface area contributed by atoms with Crippen molar-refractivity contribution in [2.75, 3.05) is 47.5 Å². The summed E-state index contributed by atoms with van der Waals surface area (Å²) in [5, 5.41) is 0. The molecule has 0 N–H and O–H groups in total. The molecule has 0 saturated heterocycles. The molecule has 0 fully saturated rings. The third-order valence-corrected chi connectivity index (χ3v) is 16.1. The van der Waals surface area contributed by atoms with Gasteiger partial charge in [0.2, 0.25) is 0 Å². The van der Waals surface area contributed by atoms with Crippen LogP contribution in [0.25, 0.3) is 0 Å². The summed E-state index contributed by atoms with van der Waals surface area (Å²) in [6.07, 6.45) is 89.2. The lowest BCUT2D eigenvalue weighted by Gasteiger charge is -2.28. The number of hydrogen-bond donors (Lipinski definition) is 0. The molecule has 9 nitrogen and oxygen atoms in total. The van der Waals surface area contributed by atoms with Gasteiger partial charge in [0, 0.05) is 12.8 Å². The van der Waals surface area contributed by atoms with Gasteiger partial charge < -0.3 is 27.9 Å². The van der Waals surface area contributed by atoms with Crippen LogP contribution in [0.5, 0.6) is 0 Å². The minimum absolute atomic E-state index is 0.0321. The van der Waals surface area contributed by atoms with E-state index in [0.29, 0.717) is 17.4 Å². The number of ether oxygens (including phenoxy) is 2. The summed E-state index contributed by atoms with van der Waals surface area (Å²) in [6.45, 7) is 4.05. The van der Waals surface area contributed by atoms with Crippen molar-refractivity contribution in [3.05, 3.63) is 97.2 Å². The number of carbonyl (C=O) groups excluding carboxylic acids is 2. The fraction of sp³-hybridized carbons (Fsp3) is 0.757. The zero-order chi connectivity index (χ0) is 61.2. The number of hydrogen-bond acceptors (Lipinski definition) is 8. The Morgan fingerprint density at radius 3 is 0.952 bits per heavy atom. The molecule has 0 aromatic carbocycles. The molecule has 486 valence electrons. The van der Waals surface area contributed by atoms with Gasteiger partial charge in [0.05, 0.1) is 27.7 Å². The Morgan fingerprint density at radius 1 is 0.369 bits per heavy atom. The molecule has 0 aliphatic rings. The van der Waals surface area contributed by atoms with Gasteiger partial charge in [-0.15, -0.1) is 0 Å². The first kappa shape index (κ1) is 80.9. The van der Waals surface area contributed by atoms with Crippen molar-refractivity contribution in [1.82, 2.24) is 0 Å². The van der Waals surface area contributed by atoms with E-state index in [-0.39, 0.29) is 32.0 Å². The number of allylic oxidation sites excluding steroid dienone is 16. The molecule has 84 heavy (non-hydrogen) atoms. The van der Waals surface area contributed by atoms with Crippen LogP contribution >= 0.6 is 7.82 Å². The van der Waals surface area contributed by atoms with Crippen molar-refractivity contribution in [3.63, 3.8) is 0 Å².